The van der Waals surface area contributed by atoms with Gasteiger partial charge in [0.15, 0.2) is 5.16 Å². The zero-order valence-electron chi connectivity index (χ0n) is 19.3. The molecule has 1 aliphatic carbocycles. The Morgan fingerprint density at radius 3 is 2.57 bits per heavy atom. The number of aryl methyl sites for hydroxylation is 1. The summed E-state index contributed by atoms with van der Waals surface area (Å²) < 4.78 is 0. The molecule has 3 aliphatic rings. The minimum absolute atomic E-state index is 0.211. The first-order valence-corrected chi connectivity index (χ1v) is 13.2. The summed E-state index contributed by atoms with van der Waals surface area (Å²) in [6.07, 6.45) is 2.43. The molecule has 0 radical (unpaired) electrons. The van der Waals surface area contributed by atoms with Gasteiger partial charge < -0.3 is 26.3 Å². The van der Waals surface area contributed by atoms with E-state index in [1.807, 2.05) is 0 Å². The zero-order chi connectivity index (χ0) is 23.8. The summed E-state index contributed by atoms with van der Waals surface area (Å²) in [6, 6.07) is 6.76. The number of rotatable bonds is 5. The summed E-state index contributed by atoms with van der Waals surface area (Å²) in [6.45, 7) is 5.56. The molecule has 1 aromatic carbocycles. The average Bonchev–Trinajstić information content (AvgIpc) is 3.16. The van der Waals surface area contributed by atoms with Crippen LogP contribution < -0.4 is 21.3 Å². The van der Waals surface area contributed by atoms with Crippen molar-refractivity contribution in [3.05, 3.63) is 35.2 Å². The van der Waals surface area contributed by atoms with Crippen LogP contribution in [0.3, 0.4) is 0 Å². The SMILES string of the molecule is CCc1[nH]c2nc(Sc3ccc4c(N5CC(N)C5)ncnc4c3)nc(N3C[C@@H]4C(N)[C@@H]4C3)c2c1Cl. The topological polar surface area (TPSA) is 126 Å². The van der Waals surface area contributed by atoms with E-state index in [9.17, 15) is 0 Å². The first-order chi connectivity index (χ1) is 17.0. The quantitative estimate of drug-likeness (QED) is 0.349. The lowest BCUT2D eigenvalue weighted by Crippen LogP contribution is -2.56. The van der Waals surface area contributed by atoms with Gasteiger partial charge in [-0.25, -0.2) is 19.9 Å². The molecule has 3 atom stereocenters. The van der Waals surface area contributed by atoms with Crippen molar-refractivity contribution < 1.29 is 0 Å². The third-order valence-corrected chi connectivity index (χ3v) is 8.81. The van der Waals surface area contributed by atoms with Crippen molar-refractivity contribution in [3.63, 3.8) is 0 Å². The maximum Gasteiger partial charge on any atom is 0.196 e. The number of H-pyrrole nitrogens is 1. The van der Waals surface area contributed by atoms with Crippen LogP contribution in [-0.2, 0) is 6.42 Å². The number of fused-ring (bicyclic) bond motifs is 3. The van der Waals surface area contributed by atoms with Crippen molar-refractivity contribution in [3.8, 4) is 0 Å². The number of benzene rings is 1. The van der Waals surface area contributed by atoms with Crippen LogP contribution in [-0.4, -0.2) is 63.2 Å². The number of anilines is 2. The molecule has 2 saturated heterocycles. The van der Waals surface area contributed by atoms with Crippen molar-refractivity contribution in [2.24, 2.45) is 23.3 Å². The molecule has 1 saturated carbocycles. The van der Waals surface area contributed by atoms with Crippen molar-refractivity contribution >= 4 is 56.9 Å². The Hall–Kier alpha value is -2.66. The smallest absolute Gasteiger partial charge is 0.196 e. The van der Waals surface area contributed by atoms with E-state index in [2.05, 4.69) is 49.9 Å². The third-order valence-electron chi connectivity index (χ3n) is 7.54. The Kier molecular flexibility index (Phi) is 4.89. The van der Waals surface area contributed by atoms with E-state index in [4.69, 9.17) is 33.0 Å². The molecule has 0 spiro atoms. The first kappa shape index (κ1) is 21.6. The van der Waals surface area contributed by atoms with Crippen molar-refractivity contribution in [1.29, 1.82) is 0 Å². The normalized spacial score (nSPS) is 23.8. The highest BCUT2D eigenvalue weighted by atomic mass is 35.5. The van der Waals surface area contributed by atoms with Gasteiger partial charge in [0.1, 0.15) is 23.6 Å². The van der Waals surface area contributed by atoms with Crippen molar-refractivity contribution in [1.82, 2.24) is 24.9 Å². The summed E-state index contributed by atoms with van der Waals surface area (Å²) >= 11 is 8.29. The minimum atomic E-state index is 0.211. The van der Waals surface area contributed by atoms with Gasteiger partial charge in [-0.2, -0.15) is 0 Å². The fraction of sp³-hybridized carbons (Fsp3) is 0.417. The van der Waals surface area contributed by atoms with Gasteiger partial charge in [-0.05, 0) is 48.2 Å². The molecule has 35 heavy (non-hydrogen) atoms. The lowest BCUT2D eigenvalue weighted by atomic mass is 10.1. The summed E-state index contributed by atoms with van der Waals surface area (Å²) in [5.74, 6) is 2.94. The molecular formula is C24H26ClN9S. The molecule has 7 rings (SSSR count). The molecule has 4 aromatic rings. The largest absolute Gasteiger partial charge is 0.355 e. The Morgan fingerprint density at radius 2 is 1.83 bits per heavy atom. The van der Waals surface area contributed by atoms with Gasteiger partial charge in [0, 0.05) is 54.2 Å². The van der Waals surface area contributed by atoms with Crippen LogP contribution in [0.2, 0.25) is 5.02 Å². The summed E-state index contributed by atoms with van der Waals surface area (Å²) in [5, 5.41) is 3.34. The van der Waals surface area contributed by atoms with Gasteiger partial charge in [0.05, 0.1) is 15.9 Å². The number of aromatic nitrogens is 5. The van der Waals surface area contributed by atoms with Crippen LogP contribution >= 0.6 is 23.4 Å². The number of hydrogen-bond acceptors (Lipinski definition) is 9. The third kappa shape index (κ3) is 3.46. The molecule has 5 heterocycles. The van der Waals surface area contributed by atoms with E-state index < -0.39 is 0 Å². The van der Waals surface area contributed by atoms with Gasteiger partial charge in [0.25, 0.3) is 0 Å². The number of hydrogen-bond donors (Lipinski definition) is 3. The van der Waals surface area contributed by atoms with Crippen LogP contribution in [0.4, 0.5) is 11.6 Å². The van der Waals surface area contributed by atoms with E-state index in [0.29, 0.717) is 23.0 Å². The standard InChI is InChI=1S/C24H26ClN9S/c1-2-16-19(25)18-21(30-16)31-24(32-23(18)34-8-14-15(9-34)20(14)27)35-12-3-4-13-17(5-12)28-10-29-22(13)33-6-11(26)7-33/h3-5,10-11,14-15,20H,2,6-9,26-27H2,1H3,(H,30,31,32)/t14-,15+,20?. The molecule has 1 unspecified atom stereocenters. The molecule has 2 aliphatic heterocycles. The van der Waals surface area contributed by atoms with Crippen LogP contribution in [0.1, 0.15) is 12.6 Å². The van der Waals surface area contributed by atoms with Gasteiger partial charge in [-0.1, -0.05) is 18.5 Å². The lowest BCUT2D eigenvalue weighted by Gasteiger charge is -2.38. The zero-order valence-corrected chi connectivity index (χ0v) is 20.9. The second kappa shape index (κ2) is 7.92. The highest BCUT2D eigenvalue weighted by Crippen LogP contribution is 2.47. The fourth-order valence-electron chi connectivity index (χ4n) is 5.46. The predicted octanol–water partition coefficient (Wildman–Crippen LogP) is 2.81. The lowest BCUT2D eigenvalue weighted by molar-refractivity contribution is 0.516. The van der Waals surface area contributed by atoms with Gasteiger partial charge in [-0.15, -0.1) is 0 Å². The number of nitrogens with zero attached hydrogens (tertiary/aromatic N) is 6. The molecule has 11 heteroatoms. The number of halogens is 1. The molecule has 5 N–H and O–H groups in total. The highest BCUT2D eigenvalue weighted by Gasteiger charge is 2.54. The van der Waals surface area contributed by atoms with E-state index in [1.54, 1.807) is 6.33 Å². The molecule has 0 bridgehead atoms. The second-order valence-corrected chi connectivity index (χ2v) is 11.2. The van der Waals surface area contributed by atoms with E-state index in [0.717, 1.165) is 81.8 Å². The number of aromatic amines is 1. The van der Waals surface area contributed by atoms with Gasteiger partial charge in [-0.3, -0.25) is 0 Å². The van der Waals surface area contributed by atoms with Gasteiger partial charge >= 0.3 is 0 Å². The molecular weight excluding hydrogens is 482 g/mol. The molecule has 3 aromatic heterocycles. The van der Waals surface area contributed by atoms with E-state index in [1.165, 1.54) is 11.8 Å². The van der Waals surface area contributed by atoms with Crippen LogP contribution in [0, 0.1) is 11.8 Å². The maximum absolute atomic E-state index is 6.77. The Labute approximate surface area is 211 Å². The Morgan fingerprint density at radius 1 is 1.06 bits per heavy atom. The summed E-state index contributed by atoms with van der Waals surface area (Å²) in [7, 11) is 0. The van der Waals surface area contributed by atoms with Crippen LogP contribution in [0.15, 0.2) is 34.6 Å². The summed E-state index contributed by atoms with van der Waals surface area (Å²) in [5.41, 5.74) is 14.8. The average molecular weight is 508 g/mol. The van der Waals surface area contributed by atoms with Crippen molar-refractivity contribution in [2.75, 3.05) is 36.0 Å². The molecule has 180 valence electrons. The minimum Gasteiger partial charge on any atom is -0.355 e. The highest BCUT2D eigenvalue weighted by molar-refractivity contribution is 7.99. The number of nitrogens with two attached hydrogens (primary N) is 2. The predicted molar refractivity (Wildman–Crippen MR) is 139 cm³/mol. The van der Waals surface area contributed by atoms with Crippen LogP contribution in [0.25, 0.3) is 21.9 Å². The monoisotopic (exact) mass is 507 g/mol. The molecule has 3 fully saturated rings. The Balaban J connectivity index is 1.25. The fourth-order valence-corrected chi connectivity index (χ4v) is 6.60. The van der Waals surface area contributed by atoms with Crippen molar-refractivity contribution in [2.45, 2.75) is 35.5 Å². The second-order valence-electron chi connectivity index (χ2n) is 9.78. The molecule has 9 nitrogen and oxygen atoms in total. The Bertz CT molecular complexity index is 1450. The van der Waals surface area contributed by atoms with E-state index >= 15 is 0 Å². The number of nitrogens with one attached hydrogen (secondary N) is 1. The van der Waals surface area contributed by atoms with Gasteiger partial charge in [0.2, 0.25) is 0 Å². The first-order valence-electron chi connectivity index (χ1n) is 12.0. The number of piperidine rings is 1. The van der Waals surface area contributed by atoms with Crippen LogP contribution in [0.5, 0.6) is 0 Å². The summed E-state index contributed by atoms with van der Waals surface area (Å²) in [4.78, 5) is 27.8. The van der Waals surface area contributed by atoms with E-state index in [-0.39, 0.29) is 6.04 Å². The maximum atomic E-state index is 6.77. The molecule has 0 amide bonds.